The number of fused-ring (bicyclic) bond motifs is 1. The summed E-state index contributed by atoms with van der Waals surface area (Å²) in [5.41, 5.74) is 5.16. The summed E-state index contributed by atoms with van der Waals surface area (Å²) in [5.74, 6) is 0. The molecular formula is C18H19ClN2. The molecule has 3 rings (SSSR count). The highest BCUT2D eigenvalue weighted by Crippen LogP contribution is 2.22. The predicted molar refractivity (Wildman–Crippen MR) is 89.7 cm³/mol. The fourth-order valence-electron chi connectivity index (χ4n) is 2.71. The summed E-state index contributed by atoms with van der Waals surface area (Å²) >= 11 is 6.01. The molecule has 2 N–H and O–H groups in total. The molecule has 0 amide bonds. The zero-order valence-electron chi connectivity index (χ0n) is 12.1. The van der Waals surface area contributed by atoms with Crippen molar-refractivity contribution < 1.29 is 0 Å². The number of benzene rings is 2. The lowest BCUT2D eigenvalue weighted by atomic mass is 10.1. The highest BCUT2D eigenvalue weighted by molar-refractivity contribution is 6.31. The van der Waals surface area contributed by atoms with Crippen LogP contribution in [0, 0.1) is 0 Å². The van der Waals surface area contributed by atoms with E-state index in [9.17, 15) is 0 Å². The van der Waals surface area contributed by atoms with Crippen LogP contribution >= 0.6 is 11.6 Å². The summed E-state index contributed by atoms with van der Waals surface area (Å²) in [6.07, 6.45) is 3.13. The van der Waals surface area contributed by atoms with Gasteiger partial charge in [-0.3, -0.25) is 0 Å². The molecule has 108 valence electrons. The molecule has 2 aromatic carbocycles. The summed E-state index contributed by atoms with van der Waals surface area (Å²) in [4.78, 5) is 3.28. The standard InChI is InChI=1S/C18H19ClN2/c1-2-13-5-3-4-6-14(13)10-20-11-15-12-21-18-9-16(19)7-8-17(15)18/h3-9,12,20-21H,2,10-11H2,1H3. The molecule has 0 saturated heterocycles. The van der Waals surface area contributed by atoms with Crippen LogP contribution < -0.4 is 5.32 Å². The second-order valence-electron chi connectivity index (χ2n) is 5.23. The summed E-state index contributed by atoms with van der Waals surface area (Å²) in [5, 5.41) is 5.53. The van der Waals surface area contributed by atoms with E-state index in [0.717, 1.165) is 30.0 Å². The van der Waals surface area contributed by atoms with Crippen LogP contribution in [0.25, 0.3) is 10.9 Å². The summed E-state index contributed by atoms with van der Waals surface area (Å²) in [6, 6.07) is 14.6. The molecule has 0 aliphatic heterocycles. The van der Waals surface area contributed by atoms with Gasteiger partial charge >= 0.3 is 0 Å². The molecule has 1 aromatic heterocycles. The maximum atomic E-state index is 6.01. The zero-order valence-corrected chi connectivity index (χ0v) is 12.9. The SMILES string of the molecule is CCc1ccccc1CNCc1c[nH]c2cc(Cl)ccc12. The number of H-pyrrole nitrogens is 1. The summed E-state index contributed by atoms with van der Waals surface area (Å²) in [7, 11) is 0. The van der Waals surface area contributed by atoms with Crippen molar-refractivity contribution in [1.29, 1.82) is 0 Å². The maximum Gasteiger partial charge on any atom is 0.0472 e. The zero-order chi connectivity index (χ0) is 14.7. The van der Waals surface area contributed by atoms with Crippen molar-refractivity contribution in [3.05, 3.63) is 70.4 Å². The van der Waals surface area contributed by atoms with Gasteiger partial charge < -0.3 is 10.3 Å². The number of halogens is 1. The van der Waals surface area contributed by atoms with Gasteiger partial charge in [-0.1, -0.05) is 48.9 Å². The molecule has 3 aromatic rings. The Morgan fingerprint density at radius 3 is 2.57 bits per heavy atom. The Bertz CT molecular complexity index is 746. The van der Waals surface area contributed by atoms with E-state index in [0.29, 0.717) is 0 Å². The third-order valence-corrected chi connectivity index (χ3v) is 4.09. The summed E-state index contributed by atoms with van der Waals surface area (Å²) in [6.45, 7) is 3.94. The van der Waals surface area contributed by atoms with Crippen molar-refractivity contribution in [2.45, 2.75) is 26.4 Å². The third-order valence-electron chi connectivity index (χ3n) is 3.86. The van der Waals surface area contributed by atoms with Crippen molar-refractivity contribution in [2.24, 2.45) is 0 Å². The molecule has 0 fully saturated rings. The molecule has 0 atom stereocenters. The van der Waals surface area contributed by atoms with Crippen LogP contribution in [-0.2, 0) is 19.5 Å². The largest absolute Gasteiger partial charge is 0.361 e. The Balaban J connectivity index is 1.69. The van der Waals surface area contributed by atoms with Gasteiger partial charge in [-0.2, -0.15) is 0 Å². The van der Waals surface area contributed by atoms with Crippen LogP contribution in [0.5, 0.6) is 0 Å². The Morgan fingerprint density at radius 2 is 1.76 bits per heavy atom. The van der Waals surface area contributed by atoms with E-state index in [1.807, 2.05) is 12.1 Å². The minimum atomic E-state index is 0.765. The van der Waals surface area contributed by atoms with E-state index in [2.05, 4.69) is 53.8 Å². The van der Waals surface area contributed by atoms with Gasteiger partial charge in [-0.25, -0.2) is 0 Å². The van der Waals surface area contributed by atoms with Crippen LogP contribution in [-0.4, -0.2) is 4.98 Å². The van der Waals surface area contributed by atoms with Crippen LogP contribution in [0.15, 0.2) is 48.7 Å². The van der Waals surface area contributed by atoms with Crippen molar-refractivity contribution in [1.82, 2.24) is 10.3 Å². The smallest absolute Gasteiger partial charge is 0.0472 e. The lowest BCUT2D eigenvalue weighted by molar-refractivity contribution is 0.691. The predicted octanol–water partition coefficient (Wildman–Crippen LogP) is 4.67. The van der Waals surface area contributed by atoms with Crippen molar-refractivity contribution in [3.8, 4) is 0 Å². The van der Waals surface area contributed by atoms with E-state index >= 15 is 0 Å². The Labute approximate surface area is 130 Å². The van der Waals surface area contributed by atoms with Gasteiger partial charge in [0.15, 0.2) is 0 Å². The number of aryl methyl sites for hydroxylation is 1. The molecule has 3 heteroatoms. The first-order valence-corrected chi connectivity index (χ1v) is 7.68. The van der Waals surface area contributed by atoms with Gasteiger partial charge in [-0.05, 0) is 35.2 Å². The highest BCUT2D eigenvalue weighted by atomic mass is 35.5. The number of hydrogen-bond acceptors (Lipinski definition) is 1. The van der Waals surface area contributed by atoms with Gasteiger partial charge in [0.05, 0.1) is 0 Å². The number of rotatable bonds is 5. The van der Waals surface area contributed by atoms with E-state index in [1.165, 1.54) is 22.1 Å². The van der Waals surface area contributed by atoms with Gasteiger partial charge in [0, 0.05) is 35.2 Å². The van der Waals surface area contributed by atoms with Crippen LogP contribution in [0.2, 0.25) is 5.02 Å². The molecule has 0 aliphatic rings. The van der Waals surface area contributed by atoms with Crippen molar-refractivity contribution in [2.75, 3.05) is 0 Å². The Kier molecular flexibility index (Phi) is 4.28. The third kappa shape index (κ3) is 3.12. The first kappa shape index (κ1) is 14.2. The molecule has 0 aliphatic carbocycles. The number of nitrogens with one attached hydrogen (secondary N) is 2. The van der Waals surface area contributed by atoms with Gasteiger partial charge in [0.2, 0.25) is 0 Å². The van der Waals surface area contributed by atoms with Gasteiger partial charge in [0.25, 0.3) is 0 Å². The van der Waals surface area contributed by atoms with Crippen molar-refractivity contribution in [3.63, 3.8) is 0 Å². The second-order valence-corrected chi connectivity index (χ2v) is 5.67. The molecule has 0 spiro atoms. The number of hydrogen-bond donors (Lipinski definition) is 2. The minimum Gasteiger partial charge on any atom is -0.361 e. The second kappa shape index (κ2) is 6.33. The number of aromatic amines is 1. The Hall–Kier alpha value is -1.77. The first-order valence-electron chi connectivity index (χ1n) is 7.31. The lowest BCUT2D eigenvalue weighted by Gasteiger charge is -2.09. The monoisotopic (exact) mass is 298 g/mol. The molecule has 0 saturated carbocycles. The minimum absolute atomic E-state index is 0.765. The average molecular weight is 299 g/mol. The van der Waals surface area contributed by atoms with E-state index in [-0.39, 0.29) is 0 Å². The van der Waals surface area contributed by atoms with E-state index < -0.39 is 0 Å². The lowest BCUT2D eigenvalue weighted by Crippen LogP contribution is -2.13. The van der Waals surface area contributed by atoms with Crippen LogP contribution in [0.1, 0.15) is 23.6 Å². The average Bonchev–Trinajstić information content (AvgIpc) is 2.90. The van der Waals surface area contributed by atoms with E-state index in [1.54, 1.807) is 0 Å². The molecule has 1 heterocycles. The van der Waals surface area contributed by atoms with Gasteiger partial charge in [-0.15, -0.1) is 0 Å². The molecule has 2 nitrogen and oxygen atoms in total. The normalized spacial score (nSPS) is 11.1. The fraction of sp³-hybridized carbons (Fsp3) is 0.222. The Morgan fingerprint density at radius 1 is 1.00 bits per heavy atom. The van der Waals surface area contributed by atoms with E-state index in [4.69, 9.17) is 11.6 Å². The quantitative estimate of drug-likeness (QED) is 0.703. The van der Waals surface area contributed by atoms with Gasteiger partial charge in [0.1, 0.15) is 0 Å². The van der Waals surface area contributed by atoms with Crippen LogP contribution in [0.4, 0.5) is 0 Å². The fourth-order valence-corrected chi connectivity index (χ4v) is 2.88. The van der Waals surface area contributed by atoms with Crippen molar-refractivity contribution >= 4 is 22.5 Å². The molecular weight excluding hydrogens is 280 g/mol. The maximum absolute atomic E-state index is 6.01. The molecule has 0 unspecified atom stereocenters. The number of aromatic nitrogens is 1. The molecule has 0 bridgehead atoms. The summed E-state index contributed by atoms with van der Waals surface area (Å²) < 4.78 is 0. The topological polar surface area (TPSA) is 27.8 Å². The van der Waals surface area contributed by atoms with Crippen LogP contribution in [0.3, 0.4) is 0 Å². The highest BCUT2D eigenvalue weighted by Gasteiger charge is 2.04. The first-order chi connectivity index (χ1) is 10.3. The molecule has 0 radical (unpaired) electrons. The molecule has 21 heavy (non-hydrogen) atoms.